The van der Waals surface area contributed by atoms with Crippen molar-refractivity contribution in [3.8, 4) is 0 Å². The highest BCUT2D eigenvalue weighted by Crippen LogP contribution is 2.39. The van der Waals surface area contributed by atoms with E-state index in [1.165, 1.54) is 12.8 Å². The highest BCUT2D eigenvalue weighted by molar-refractivity contribution is 5.95. The van der Waals surface area contributed by atoms with Crippen LogP contribution in [0.5, 0.6) is 0 Å². The maximum Gasteiger partial charge on any atom is 0.253 e. The summed E-state index contributed by atoms with van der Waals surface area (Å²) < 4.78 is 0. The summed E-state index contributed by atoms with van der Waals surface area (Å²) in [5, 5.41) is 3.06. The van der Waals surface area contributed by atoms with Gasteiger partial charge in [-0.25, -0.2) is 0 Å². The average Bonchev–Trinajstić information content (AvgIpc) is 3.02. The molecule has 1 unspecified atom stereocenters. The number of halogens is 1. The Morgan fingerprint density at radius 1 is 1.65 bits per heavy atom. The topological polar surface area (TPSA) is 70.9 Å². The third-order valence-electron chi connectivity index (χ3n) is 3.50. The van der Waals surface area contributed by atoms with E-state index < -0.39 is 0 Å². The second-order valence-electron chi connectivity index (χ2n) is 4.87. The van der Waals surface area contributed by atoms with E-state index in [9.17, 15) is 4.79 Å². The molecule has 1 aliphatic carbocycles. The van der Waals surface area contributed by atoms with Crippen molar-refractivity contribution in [2.24, 2.45) is 11.7 Å². The first-order valence-corrected chi connectivity index (χ1v) is 5.73. The molecular formula is C12H20ClN3O. The zero-order valence-corrected chi connectivity index (χ0v) is 11.1. The van der Waals surface area contributed by atoms with Crippen molar-refractivity contribution >= 4 is 18.3 Å². The van der Waals surface area contributed by atoms with Gasteiger partial charge in [0.15, 0.2) is 0 Å². The molecule has 4 nitrogen and oxygen atoms in total. The molecule has 0 radical (unpaired) electrons. The fourth-order valence-corrected chi connectivity index (χ4v) is 2.07. The zero-order valence-electron chi connectivity index (χ0n) is 10.2. The van der Waals surface area contributed by atoms with Crippen LogP contribution in [0.3, 0.4) is 0 Å². The van der Waals surface area contributed by atoms with Gasteiger partial charge in [0.2, 0.25) is 0 Å². The third kappa shape index (κ3) is 2.82. The van der Waals surface area contributed by atoms with Crippen molar-refractivity contribution in [2.75, 3.05) is 6.54 Å². The van der Waals surface area contributed by atoms with Gasteiger partial charge in [-0.1, -0.05) is 0 Å². The smallest absolute Gasteiger partial charge is 0.253 e. The molecule has 1 saturated carbocycles. The summed E-state index contributed by atoms with van der Waals surface area (Å²) in [5.41, 5.74) is 7.12. The van der Waals surface area contributed by atoms with Crippen LogP contribution in [0.2, 0.25) is 0 Å². The predicted molar refractivity (Wildman–Crippen MR) is 70.4 cm³/mol. The van der Waals surface area contributed by atoms with Crippen LogP contribution in [0.1, 0.15) is 35.8 Å². The molecule has 1 aliphatic rings. The first-order valence-electron chi connectivity index (χ1n) is 5.73. The molecule has 2 rings (SSSR count). The second-order valence-corrected chi connectivity index (χ2v) is 4.87. The first kappa shape index (κ1) is 14.1. The molecule has 4 N–H and O–H groups in total. The fraction of sp³-hybridized carbons (Fsp3) is 0.583. The summed E-state index contributed by atoms with van der Waals surface area (Å²) in [6.45, 7) is 4.42. The van der Waals surface area contributed by atoms with Crippen molar-refractivity contribution in [1.29, 1.82) is 0 Å². The van der Waals surface area contributed by atoms with E-state index in [1.54, 1.807) is 12.3 Å². The summed E-state index contributed by atoms with van der Waals surface area (Å²) in [6, 6.07) is 1.80. The fourth-order valence-electron chi connectivity index (χ4n) is 2.07. The van der Waals surface area contributed by atoms with Crippen LogP contribution < -0.4 is 11.1 Å². The number of aromatic nitrogens is 1. The lowest BCUT2D eigenvalue weighted by Gasteiger charge is -2.29. The second kappa shape index (κ2) is 5.10. The Hall–Kier alpha value is -1.00. The van der Waals surface area contributed by atoms with E-state index in [0.717, 1.165) is 5.69 Å². The average molecular weight is 258 g/mol. The zero-order chi connectivity index (χ0) is 11.8. The Labute approximate surface area is 108 Å². The monoisotopic (exact) mass is 257 g/mol. The number of H-pyrrole nitrogens is 1. The summed E-state index contributed by atoms with van der Waals surface area (Å²) >= 11 is 0. The molecule has 0 saturated heterocycles. The Morgan fingerprint density at radius 3 is 2.71 bits per heavy atom. The van der Waals surface area contributed by atoms with Gasteiger partial charge in [0, 0.05) is 18.4 Å². The molecule has 1 aromatic rings. The maximum absolute atomic E-state index is 12.0. The summed E-state index contributed by atoms with van der Waals surface area (Å²) in [7, 11) is 0. The molecule has 1 atom stereocenters. The van der Waals surface area contributed by atoms with Gasteiger partial charge in [-0.05, 0) is 38.7 Å². The lowest BCUT2D eigenvalue weighted by atomic mass is 9.95. The molecule has 1 fully saturated rings. The highest BCUT2D eigenvalue weighted by atomic mass is 35.5. The minimum Gasteiger partial charge on any atom is -0.365 e. The normalized spacial score (nSPS) is 18.1. The van der Waals surface area contributed by atoms with Crippen LogP contribution in [0, 0.1) is 12.8 Å². The number of rotatable bonds is 4. The van der Waals surface area contributed by atoms with E-state index in [2.05, 4.69) is 10.3 Å². The number of nitrogens with one attached hydrogen (secondary N) is 2. The standard InChI is InChI=1S/C12H19N3O.ClH/c1-8-10(5-6-14-8)11(16)15-12(2,7-13)9-3-4-9;/h5-6,9,14H,3-4,7,13H2,1-2H3,(H,15,16);1H. The molecule has 17 heavy (non-hydrogen) atoms. The Morgan fingerprint density at radius 2 is 2.29 bits per heavy atom. The molecule has 1 aromatic heterocycles. The van der Waals surface area contributed by atoms with Crippen LogP contribution in [0.25, 0.3) is 0 Å². The summed E-state index contributed by atoms with van der Waals surface area (Å²) in [5.74, 6) is 0.513. The third-order valence-corrected chi connectivity index (χ3v) is 3.50. The van der Waals surface area contributed by atoms with Gasteiger partial charge >= 0.3 is 0 Å². The van der Waals surface area contributed by atoms with Crippen LogP contribution >= 0.6 is 12.4 Å². The van der Waals surface area contributed by atoms with Crippen LogP contribution in [-0.2, 0) is 0 Å². The SMILES string of the molecule is Cc1[nH]ccc1C(=O)NC(C)(CN)C1CC1.Cl. The van der Waals surface area contributed by atoms with Crippen molar-refractivity contribution in [3.63, 3.8) is 0 Å². The van der Waals surface area contributed by atoms with E-state index in [4.69, 9.17) is 5.73 Å². The van der Waals surface area contributed by atoms with E-state index >= 15 is 0 Å². The number of carbonyl (C=O) groups excluding carboxylic acids is 1. The molecular weight excluding hydrogens is 238 g/mol. The largest absolute Gasteiger partial charge is 0.365 e. The molecule has 0 bridgehead atoms. The van der Waals surface area contributed by atoms with E-state index in [1.807, 2.05) is 13.8 Å². The van der Waals surface area contributed by atoms with Gasteiger partial charge in [0.25, 0.3) is 5.91 Å². The summed E-state index contributed by atoms with van der Waals surface area (Å²) in [6.07, 6.45) is 4.11. The summed E-state index contributed by atoms with van der Waals surface area (Å²) in [4.78, 5) is 15.1. The van der Waals surface area contributed by atoms with E-state index in [0.29, 0.717) is 18.0 Å². The van der Waals surface area contributed by atoms with Crippen molar-refractivity contribution < 1.29 is 4.79 Å². The maximum atomic E-state index is 12.0. The molecule has 96 valence electrons. The number of aryl methyl sites for hydroxylation is 1. The van der Waals surface area contributed by atoms with Gasteiger partial charge in [0.1, 0.15) is 0 Å². The van der Waals surface area contributed by atoms with Gasteiger partial charge < -0.3 is 16.0 Å². The van der Waals surface area contributed by atoms with E-state index in [-0.39, 0.29) is 23.9 Å². The number of carbonyl (C=O) groups is 1. The van der Waals surface area contributed by atoms with Crippen molar-refractivity contribution in [2.45, 2.75) is 32.2 Å². The Bertz CT molecular complexity index is 400. The van der Waals surface area contributed by atoms with Gasteiger partial charge in [0.05, 0.1) is 11.1 Å². The van der Waals surface area contributed by atoms with Crippen LogP contribution in [0.15, 0.2) is 12.3 Å². The lowest BCUT2D eigenvalue weighted by Crippen LogP contribution is -2.53. The number of aromatic amines is 1. The van der Waals surface area contributed by atoms with Crippen molar-refractivity contribution in [1.82, 2.24) is 10.3 Å². The van der Waals surface area contributed by atoms with Crippen molar-refractivity contribution in [3.05, 3.63) is 23.5 Å². The van der Waals surface area contributed by atoms with Gasteiger partial charge in [-0.15, -0.1) is 12.4 Å². The molecule has 0 aliphatic heterocycles. The number of amides is 1. The lowest BCUT2D eigenvalue weighted by molar-refractivity contribution is 0.0897. The highest BCUT2D eigenvalue weighted by Gasteiger charge is 2.41. The minimum atomic E-state index is -0.249. The molecule has 0 spiro atoms. The number of nitrogens with two attached hydrogens (primary N) is 1. The number of hydrogen-bond donors (Lipinski definition) is 3. The van der Waals surface area contributed by atoms with Gasteiger partial charge in [-0.3, -0.25) is 4.79 Å². The molecule has 0 aromatic carbocycles. The van der Waals surface area contributed by atoms with Gasteiger partial charge in [-0.2, -0.15) is 0 Å². The Balaban J connectivity index is 0.00000144. The molecule has 5 heteroatoms. The molecule has 1 heterocycles. The predicted octanol–water partition coefficient (Wildman–Crippen LogP) is 1.60. The van der Waals surface area contributed by atoms with Crippen LogP contribution in [0.4, 0.5) is 0 Å². The minimum absolute atomic E-state index is 0. The first-order chi connectivity index (χ1) is 7.57. The quantitative estimate of drug-likeness (QED) is 0.767. The molecule has 1 amide bonds. The Kier molecular flexibility index (Phi) is 4.22. The van der Waals surface area contributed by atoms with Crippen LogP contribution in [-0.4, -0.2) is 23.0 Å². The number of hydrogen-bond acceptors (Lipinski definition) is 2.